The molecule has 1 aliphatic rings. The van der Waals surface area contributed by atoms with Crippen molar-refractivity contribution in [2.24, 2.45) is 5.92 Å². The Labute approximate surface area is 83.1 Å². The van der Waals surface area contributed by atoms with E-state index in [9.17, 15) is 0 Å². The summed E-state index contributed by atoms with van der Waals surface area (Å²) < 4.78 is 2.05. The van der Waals surface area contributed by atoms with Crippen LogP contribution in [0.5, 0.6) is 0 Å². The maximum Gasteiger partial charge on any atom is 0.225 e. The molecule has 72 valence electrons. The first kappa shape index (κ1) is 9.00. The topological polar surface area (TPSA) is 30.7 Å². The van der Waals surface area contributed by atoms with Crippen molar-refractivity contribution in [3.63, 3.8) is 0 Å². The Balaban J connectivity index is 2.22. The summed E-state index contributed by atoms with van der Waals surface area (Å²) in [6.45, 7) is 5.23. The smallest absolute Gasteiger partial charge is 0.225 e. The van der Waals surface area contributed by atoms with Crippen molar-refractivity contribution < 1.29 is 0 Å². The minimum Gasteiger partial charge on any atom is -0.301 e. The van der Waals surface area contributed by atoms with Gasteiger partial charge in [-0.3, -0.25) is 0 Å². The lowest BCUT2D eigenvalue weighted by atomic mass is 10.2. The molecule has 0 unspecified atom stereocenters. The average molecular weight is 200 g/mol. The van der Waals surface area contributed by atoms with Crippen LogP contribution in [0.15, 0.2) is 0 Å². The summed E-state index contributed by atoms with van der Waals surface area (Å²) in [4.78, 5) is 0. The summed E-state index contributed by atoms with van der Waals surface area (Å²) in [6, 6.07) is 0. The lowest BCUT2D eigenvalue weighted by molar-refractivity contribution is 0.576. The van der Waals surface area contributed by atoms with E-state index in [2.05, 4.69) is 24.0 Å². The van der Waals surface area contributed by atoms with Gasteiger partial charge >= 0.3 is 0 Å². The zero-order valence-corrected chi connectivity index (χ0v) is 8.75. The number of rotatable bonds is 3. The van der Waals surface area contributed by atoms with Crippen molar-refractivity contribution in [1.82, 2.24) is 14.8 Å². The van der Waals surface area contributed by atoms with E-state index in [-0.39, 0.29) is 0 Å². The molecule has 0 saturated heterocycles. The summed E-state index contributed by atoms with van der Waals surface area (Å²) in [5.41, 5.74) is 0. The molecule has 1 fully saturated rings. The van der Waals surface area contributed by atoms with Crippen LogP contribution in [0, 0.1) is 5.92 Å². The second-order valence-corrected chi connectivity index (χ2v) is 4.37. The fourth-order valence-corrected chi connectivity index (χ4v) is 1.64. The molecule has 1 aromatic rings. The lowest BCUT2D eigenvalue weighted by Crippen LogP contribution is -2.07. The Morgan fingerprint density at radius 3 is 2.69 bits per heavy atom. The molecule has 1 aliphatic carbocycles. The van der Waals surface area contributed by atoms with E-state index >= 15 is 0 Å². The predicted molar refractivity (Wildman–Crippen MR) is 51.8 cm³/mol. The summed E-state index contributed by atoms with van der Waals surface area (Å²) in [7, 11) is 0. The quantitative estimate of drug-likeness (QED) is 0.749. The fourth-order valence-electron chi connectivity index (χ4n) is 1.45. The molecule has 3 nitrogen and oxygen atoms in total. The van der Waals surface area contributed by atoms with Crippen molar-refractivity contribution in [3.05, 3.63) is 11.1 Å². The van der Waals surface area contributed by atoms with Crippen molar-refractivity contribution >= 4 is 11.6 Å². The maximum atomic E-state index is 5.95. The molecule has 2 rings (SSSR count). The molecule has 1 aromatic heterocycles. The highest BCUT2D eigenvalue weighted by Gasteiger charge is 2.25. The summed E-state index contributed by atoms with van der Waals surface area (Å²) in [5, 5.41) is 8.51. The third-order valence-electron chi connectivity index (χ3n) is 2.39. The van der Waals surface area contributed by atoms with Crippen LogP contribution in [-0.4, -0.2) is 14.8 Å². The minimum absolute atomic E-state index is 0.402. The summed E-state index contributed by atoms with van der Waals surface area (Å²) in [5.74, 6) is 2.22. The molecule has 0 atom stereocenters. The van der Waals surface area contributed by atoms with E-state index in [1.165, 1.54) is 12.8 Å². The van der Waals surface area contributed by atoms with Gasteiger partial charge in [0, 0.05) is 12.5 Å². The third kappa shape index (κ3) is 1.85. The normalized spacial score (nSPS) is 16.9. The predicted octanol–water partition coefficient (Wildman–Crippen LogP) is 2.46. The highest BCUT2D eigenvalue weighted by molar-refractivity contribution is 6.28. The van der Waals surface area contributed by atoms with Gasteiger partial charge in [0.05, 0.1) is 0 Å². The molecule has 0 aliphatic heterocycles. The molecule has 0 amide bonds. The van der Waals surface area contributed by atoms with Gasteiger partial charge in [-0.15, -0.1) is 10.2 Å². The number of hydrogen-bond donors (Lipinski definition) is 0. The van der Waals surface area contributed by atoms with Gasteiger partial charge in [0.15, 0.2) is 0 Å². The molecule has 1 saturated carbocycles. The van der Waals surface area contributed by atoms with Crippen LogP contribution in [0.1, 0.15) is 38.4 Å². The standard InChI is InChI=1S/C9H14ClN3/c1-6(2)8-11-12-9(10)13(8)5-7-3-4-7/h6-7H,3-5H2,1-2H3. The largest absolute Gasteiger partial charge is 0.301 e. The van der Waals surface area contributed by atoms with Gasteiger partial charge in [0.1, 0.15) is 5.82 Å². The van der Waals surface area contributed by atoms with Crippen LogP contribution >= 0.6 is 11.6 Å². The number of nitrogens with zero attached hydrogens (tertiary/aromatic N) is 3. The molecule has 0 N–H and O–H groups in total. The first-order valence-corrected chi connectivity index (χ1v) is 5.15. The van der Waals surface area contributed by atoms with E-state index < -0.39 is 0 Å². The van der Waals surface area contributed by atoms with Crippen LogP contribution in [-0.2, 0) is 6.54 Å². The van der Waals surface area contributed by atoms with Crippen molar-refractivity contribution in [2.45, 2.75) is 39.2 Å². The number of aromatic nitrogens is 3. The van der Waals surface area contributed by atoms with Crippen molar-refractivity contribution in [2.75, 3.05) is 0 Å². The second kappa shape index (κ2) is 3.29. The first-order valence-electron chi connectivity index (χ1n) is 4.77. The van der Waals surface area contributed by atoms with Gasteiger partial charge in [0.2, 0.25) is 5.28 Å². The van der Waals surface area contributed by atoms with Crippen LogP contribution in [0.25, 0.3) is 0 Å². The molecule has 13 heavy (non-hydrogen) atoms. The van der Waals surface area contributed by atoms with Crippen LogP contribution < -0.4 is 0 Å². The van der Waals surface area contributed by atoms with E-state index in [1.54, 1.807) is 0 Å². The van der Waals surface area contributed by atoms with E-state index in [0.717, 1.165) is 18.3 Å². The minimum atomic E-state index is 0.402. The Morgan fingerprint density at radius 1 is 1.46 bits per heavy atom. The molecule has 4 heteroatoms. The molecule has 0 bridgehead atoms. The second-order valence-electron chi connectivity index (χ2n) is 4.04. The van der Waals surface area contributed by atoms with Gasteiger partial charge in [-0.2, -0.15) is 0 Å². The Kier molecular flexibility index (Phi) is 2.28. The van der Waals surface area contributed by atoms with Gasteiger partial charge in [-0.1, -0.05) is 13.8 Å². The Morgan fingerprint density at radius 2 is 2.15 bits per heavy atom. The molecule has 1 heterocycles. The van der Waals surface area contributed by atoms with Crippen molar-refractivity contribution in [3.8, 4) is 0 Å². The van der Waals surface area contributed by atoms with Gasteiger partial charge in [-0.05, 0) is 30.4 Å². The van der Waals surface area contributed by atoms with Crippen LogP contribution in [0.3, 0.4) is 0 Å². The molecular formula is C9H14ClN3. The van der Waals surface area contributed by atoms with E-state index in [1.807, 2.05) is 4.57 Å². The highest BCUT2D eigenvalue weighted by Crippen LogP contribution is 2.32. The van der Waals surface area contributed by atoms with Gasteiger partial charge in [0.25, 0.3) is 0 Å². The zero-order chi connectivity index (χ0) is 9.42. The highest BCUT2D eigenvalue weighted by atomic mass is 35.5. The number of hydrogen-bond acceptors (Lipinski definition) is 2. The van der Waals surface area contributed by atoms with E-state index in [4.69, 9.17) is 11.6 Å². The monoisotopic (exact) mass is 199 g/mol. The van der Waals surface area contributed by atoms with E-state index in [0.29, 0.717) is 11.2 Å². The molecule has 0 radical (unpaired) electrons. The van der Waals surface area contributed by atoms with Crippen LogP contribution in [0.4, 0.5) is 0 Å². The maximum absolute atomic E-state index is 5.95. The lowest BCUT2D eigenvalue weighted by Gasteiger charge is -2.08. The van der Waals surface area contributed by atoms with Gasteiger partial charge < -0.3 is 4.57 Å². The SMILES string of the molecule is CC(C)c1nnc(Cl)n1CC1CC1. The summed E-state index contributed by atoms with van der Waals surface area (Å²) in [6.07, 6.45) is 2.65. The Hall–Kier alpha value is -0.570. The molecule has 0 aromatic carbocycles. The zero-order valence-electron chi connectivity index (χ0n) is 8.00. The molecule has 0 spiro atoms. The average Bonchev–Trinajstić information content (AvgIpc) is 2.78. The van der Waals surface area contributed by atoms with Gasteiger partial charge in [-0.25, -0.2) is 0 Å². The number of halogens is 1. The Bertz CT molecular complexity index is 302. The third-order valence-corrected chi connectivity index (χ3v) is 2.67. The molecular weight excluding hydrogens is 186 g/mol. The summed E-state index contributed by atoms with van der Waals surface area (Å²) >= 11 is 5.95. The van der Waals surface area contributed by atoms with Crippen LogP contribution in [0.2, 0.25) is 5.28 Å². The van der Waals surface area contributed by atoms with Crippen molar-refractivity contribution in [1.29, 1.82) is 0 Å². The first-order chi connectivity index (χ1) is 6.18. The fraction of sp³-hybridized carbons (Fsp3) is 0.778.